The van der Waals surface area contributed by atoms with E-state index in [1.54, 1.807) is 10.9 Å². The van der Waals surface area contributed by atoms with E-state index in [2.05, 4.69) is 25.6 Å². The molecular formula is C18H19ClN6O. The molecule has 0 saturated heterocycles. The van der Waals surface area contributed by atoms with Gasteiger partial charge in [0.15, 0.2) is 5.69 Å². The highest BCUT2D eigenvalue weighted by Gasteiger charge is 2.11. The van der Waals surface area contributed by atoms with Crippen LogP contribution >= 0.6 is 11.6 Å². The van der Waals surface area contributed by atoms with Crippen molar-refractivity contribution in [3.05, 3.63) is 70.0 Å². The molecule has 0 aliphatic heterocycles. The number of halogens is 1. The molecule has 0 aliphatic carbocycles. The zero-order valence-corrected chi connectivity index (χ0v) is 15.4. The Morgan fingerprint density at radius 3 is 2.54 bits per heavy atom. The van der Waals surface area contributed by atoms with Crippen molar-refractivity contribution in [2.45, 2.75) is 26.8 Å². The first-order valence-corrected chi connectivity index (χ1v) is 8.61. The molecule has 0 saturated carbocycles. The van der Waals surface area contributed by atoms with Gasteiger partial charge in [-0.05, 0) is 37.6 Å². The first-order chi connectivity index (χ1) is 12.5. The van der Waals surface area contributed by atoms with Crippen molar-refractivity contribution >= 4 is 17.5 Å². The molecule has 1 aromatic carbocycles. The summed E-state index contributed by atoms with van der Waals surface area (Å²) >= 11 is 5.87. The number of aryl methyl sites for hydroxylation is 2. The van der Waals surface area contributed by atoms with Gasteiger partial charge in [0, 0.05) is 29.4 Å². The quantitative estimate of drug-likeness (QED) is 0.719. The minimum absolute atomic E-state index is 0.267. The summed E-state index contributed by atoms with van der Waals surface area (Å²) in [6.45, 7) is 4.81. The van der Waals surface area contributed by atoms with Gasteiger partial charge in [-0.3, -0.25) is 4.79 Å². The van der Waals surface area contributed by atoms with Gasteiger partial charge >= 0.3 is 0 Å². The lowest BCUT2D eigenvalue weighted by molar-refractivity contribution is 0.0949. The molecule has 0 unspecified atom stereocenters. The fourth-order valence-corrected chi connectivity index (χ4v) is 2.67. The Hall–Kier alpha value is -2.80. The summed E-state index contributed by atoms with van der Waals surface area (Å²) in [5.41, 5.74) is 3.14. The van der Waals surface area contributed by atoms with Crippen molar-refractivity contribution in [1.29, 1.82) is 0 Å². The molecule has 1 amide bonds. The minimum Gasteiger partial charge on any atom is -0.350 e. The fraction of sp³-hybridized carbons (Fsp3) is 0.278. The Bertz CT molecular complexity index is 886. The minimum atomic E-state index is -0.267. The molecule has 0 atom stereocenters. The number of benzene rings is 1. The number of aromatic nitrogens is 5. The van der Waals surface area contributed by atoms with E-state index in [9.17, 15) is 4.79 Å². The average Bonchev–Trinajstić information content (AvgIpc) is 3.05. The Morgan fingerprint density at radius 1 is 1.15 bits per heavy atom. The van der Waals surface area contributed by atoms with Crippen molar-refractivity contribution in [1.82, 2.24) is 30.3 Å². The van der Waals surface area contributed by atoms with E-state index >= 15 is 0 Å². The maximum absolute atomic E-state index is 12.2. The Kier molecular flexibility index (Phi) is 5.58. The van der Waals surface area contributed by atoms with E-state index in [0.717, 1.165) is 17.0 Å². The zero-order chi connectivity index (χ0) is 18.5. The molecule has 7 nitrogen and oxygen atoms in total. The molecular weight excluding hydrogens is 352 g/mol. The van der Waals surface area contributed by atoms with Gasteiger partial charge in [-0.15, -0.1) is 5.10 Å². The molecule has 3 rings (SSSR count). The highest BCUT2D eigenvalue weighted by Crippen LogP contribution is 2.10. The standard InChI is InChI=1S/C18H19ClN6O/c1-12-9-13(2)22-17(21-12)7-8-20-18(26)16-11-25(24-23-16)10-14-3-5-15(19)6-4-14/h3-6,9,11H,7-8,10H2,1-2H3,(H,20,26). The molecule has 0 spiro atoms. The second-order valence-corrected chi connectivity index (χ2v) is 6.44. The van der Waals surface area contributed by atoms with Crippen LogP contribution in [0.3, 0.4) is 0 Å². The number of carbonyl (C=O) groups is 1. The first kappa shape index (κ1) is 18.0. The van der Waals surface area contributed by atoms with E-state index in [-0.39, 0.29) is 11.6 Å². The summed E-state index contributed by atoms with van der Waals surface area (Å²) in [5.74, 6) is 0.450. The molecule has 26 heavy (non-hydrogen) atoms. The summed E-state index contributed by atoms with van der Waals surface area (Å²) in [4.78, 5) is 20.9. The van der Waals surface area contributed by atoms with Crippen molar-refractivity contribution in [2.24, 2.45) is 0 Å². The zero-order valence-electron chi connectivity index (χ0n) is 14.6. The van der Waals surface area contributed by atoms with Crippen molar-refractivity contribution < 1.29 is 4.79 Å². The Balaban J connectivity index is 1.53. The summed E-state index contributed by atoms with van der Waals surface area (Å²) in [6.07, 6.45) is 2.18. The van der Waals surface area contributed by atoms with Crippen LogP contribution in [0.1, 0.15) is 33.3 Å². The Morgan fingerprint density at radius 2 is 1.85 bits per heavy atom. The molecule has 134 valence electrons. The predicted octanol–water partition coefficient (Wildman–Crippen LogP) is 2.36. The number of amides is 1. The normalized spacial score (nSPS) is 10.7. The van der Waals surface area contributed by atoms with Gasteiger partial charge in [0.1, 0.15) is 5.82 Å². The molecule has 1 N–H and O–H groups in total. The number of carbonyl (C=O) groups excluding carboxylic acids is 1. The highest BCUT2D eigenvalue weighted by molar-refractivity contribution is 6.30. The lowest BCUT2D eigenvalue weighted by Crippen LogP contribution is -2.26. The monoisotopic (exact) mass is 370 g/mol. The van der Waals surface area contributed by atoms with Crippen LogP contribution in [0.25, 0.3) is 0 Å². The summed E-state index contributed by atoms with van der Waals surface area (Å²) in [5, 5.41) is 11.4. The van der Waals surface area contributed by atoms with Crippen molar-refractivity contribution in [3.8, 4) is 0 Å². The molecule has 0 fully saturated rings. The summed E-state index contributed by atoms with van der Waals surface area (Å²) < 4.78 is 1.62. The van der Waals surface area contributed by atoms with Crippen LogP contribution in [-0.2, 0) is 13.0 Å². The Labute approximate surface area is 156 Å². The maximum atomic E-state index is 12.2. The van der Waals surface area contributed by atoms with E-state index in [1.165, 1.54) is 0 Å². The van der Waals surface area contributed by atoms with Gasteiger partial charge in [0.05, 0.1) is 12.7 Å². The molecule has 2 heterocycles. The fourth-order valence-electron chi connectivity index (χ4n) is 2.55. The maximum Gasteiger partial charge on any atom is 0.273 e. The first-order valence-electron chi connectivity index (χ1n) is 8.23. The molecule has 8 heteroatoms. The van der Waals surface area contributed by atoms with E-state index in [0.29, 0.717) is 30.4 Å². The van der Waals surface area contributed by atoms with E-state index in [1.807, 2.05) is 44.2 Å². The third kappa shape index (κ3) is 4.86. The summed E-state index contributed by atoms with van der Waals surface area (Å²) in [7, 11) is 0. The van der Waals surface area contributed by atoms with Gasteiger partial charge in [-0.25, -0.2) is 14.6 Å². The second-order valence-electron chi connectivity index (χ2n) is 6.00. The van der Waals surface area contributed by atoms with Crippen LogP contribution in [-0.4, -0.2) is 37.4 Å². The smallest absolute Gasteiger partial charge is 0.273 e. The largest absolute Gasteiger partial charge is 0.350 e. The van der Waals surface area contributed by atoms with Gasteiger partial charge in [0.25, 0.3) is 5.91 Å². The number of hydrogen-bond donors (Lipinski definition) is 1. The second kappa shape index (κ2) is 8.05. The third-order valence-corrected chi connectivity index (χ3v) is 3.94. The number of nitrogens with one attached hydrogen (secondary N) is 1. The van der Waals surface area contributed by atoms with Crippen LogP contribution in [0.15, 0.2) is 36.5 Å². The molecule has 0 aliphatic rings. The van der Waals surface area contributed by atoms with E-state index in [4.69, 9.17) is 11.6 Å². The van der Waals surface area contributed by atoms with Gasteiger partial charge in [0.2, 0.25) is 0 Å². The highest BCUT2D eigenvalue weighted by atomic mass is 35.5. The number of nitrogens with zero attached hydrogens (tertiary/aromatic N) is 5. The topological polar surface area (TPSA) is 85.6 Å². The lowest BCUT2D eigenvalue weighted by Gasteiger charge is -2.04. The van der Waals surface area contributed by atoms with Gasteiger partial charge < -0.3 is 5.32 Å². The van der Waals surface area contributed by atoms with Crippen LogP contribution < -0.4 is 5.32 Å². The summed E-state index contributed by atoms with van der Waals surface area (Å²) in [6, 6.07) is 9.37. The molecule has 0 radical (unpaired) electrons. The van der Waals surface area contributed by atoms with Crippen LogP contribution in [0.5, 0.6) is 0 Å². The predicted molar refractivity (Wildman–Crippen MR) is 98.1 cm³/mol. The van der Waals surface area contributed by atoms with Crippen LogP contribution in [0.4, 0.5) is 0 Å². The van der Waals surface area contributed by atoms with Crippen molar-refractivity contribution in [2.75, 3.05) is 6.54 Å². The van der Waals surface area contributed by atoms with Crippen LogP contribution in [0.2, 0.25) is 5.02 Å². The van der Waals surface area contributed by atoms with Crippen LogP contribution in [0, 0.1) is 13.8 Å². The van der Waals surface area contributed by atoms with Gasteiger partial charge in [-0.1, -0.05) is 28.9 Å². The average molecular weight is 371 g/mol. The molecule has 3 aromatic rings. The molecule has 0 bridgehead atoms. The van der Waals surface area contributed by atoms with Crippen molar-refractivity contribution in [3.63, 3.8) is 0 Å². The third-order valence-electron chi connectivity index (χ3n) is 3.69. The number of rotatable bonds is 6. The lowest BCUT2D eigenvalue weighted by atomic mass is 10.2. The number of hydrogen-bond acceptors (Lipinski definition) is 5. The molecule has 2 aromatic heterocycles. The van der Waals surface area contributed by atoms with Gasteiger partial charge in [-0.2, -0.15) is 0 Å². The van der Waals surface area contributed by atoms with E-state index < -0.39 is 0 Å². The SMILES string of the molecule is Cc1cc(C)nc(CCNC(=O)c2cn(Cc3ccc(Cl)cc3)nn2)n1.